The van der Waals surface area contributed by atoms with E-state index >= 15 is 0 Å². The predicted molar refractivity (Wildman–Crippen MR) is 130 cm³/mol. The van der Waals surface area contributed by atoms with Gasteiger partial charge in [-0.2, -0.15) is 0 Å². The van der Waals surface area contributed by atoms with Crippen LogP contribution < -0.4 is 10.1 Å². The summed E-state index contributed by atoms with van der Waals surface area (Å²) in [5.41, 5.74) is 3.86. The Morgan fingerprint density at radius 2 is 1.69 bits per heavy atom. The average Bonchev–Trinajstić information content (AvgIpc) is 2.82. The molecule has 1 heterocycles. The summed E-state index contributed by atoms with van der Waals surface area (Å²) in [5.74, 6) is -0.510. The van der Waals surface area contributed by atoms with Crippen molar-refractivity contribution in [1.29, 1.82) is 0 Å². The number of nitro groups is 1. The molecule has 1 aliphatic carbocycles. The zero-order valence-electron chi connectivity index (χ0n) is 20.2. The average molecular weight is 477 g/mol. The van der Waals surface area contributed by atoms with E-state index in [0.29, 0.717) is 35.2 Å². The Labute approximate surface area is 203 Å². The largest absolute Gasteiger partial charge is 0.497 e. The molecule has 0 aromatic heterocycles. The van der Waals surface area contributed by atoms with Crippen molar-refractivity contribution in [2.24, 2.45) is 0 Å². The molecule has 0 fully saturated rings. The second-order valence-corrected chi connectivity index (χ2v) is 9.09. The summed E-state index contributed by atoms with van der Waals surface area (Å²) < 4.78 is 10.8. The Morgan fingerprint density at radius 3 is 2.26 bits per heavy atom. The van der Waals surface area contributed by atoms with Crippen LogP contribution in [0.25, 0.3) is 0 Å². The zero-order chi connectivity index (χ0) is 25.3. The molecule has 2 atom stereocenters. The van der Waals surface area contributed by atoms with Crippen molar-refractivity contribution in [3.8, 4) is 5.75 Å². The van der Waals surface area contributed by atoms with Crippen molar-refractivity contribution in [3.63, 3.8) is 0 Å². The minimum Gasteiger partial charge on any atom is -0.497 e. The third-order valence-corrected chi connectivity index (χ3v) is 6.41. The van der Waals surface area contributed by atoms with Gasteiger partial charge in [0.15, 0.2) is 5.78 Å². The lowest BCUT2D eigenvalue weighted by Crippen LogP contribution is -2.36. The number of hydrogen-bond donors (Lipinski definition) is 1. The number of ether oxygens (including phenoxy) is 2. The van der Waals surface area contributed by atoms with Crippen LogP contribution in [-0.2, 0) is 14.3 Å². The van der Waals surface area contributed by atoms with E-state index in [9.17, 15) is 19.7 Å². The van der Waals surface area contributed by atoms with E-state index in [1.54, 1.807) is 40.0 Å². The Bertz CT molecular complexity index is 1230. The number of carbonyl (C=O) groups is 2. The number of allylic oxidation sites excluding steroid dienone is 3. The summed E-state index contributed by atoms with van der Waals surface area (Å²) in [6, 6.07) is 13.7. The normalized spacial score (nSPS) is 19.9. The third kappa shape index (κ3) is 4.82. The van der Waals surface area contributed by atoms with Crippen molar-refractivity contribution in [3.05, 3.63) is 92.3 Å². The summed E-state index contributed by atoms with van der Waals surface area (Å²) in [4.78, 5) is 37.4. The van der Waals surface area contributed by atoms with Gasteiger partial charge < -0.3 is 14.8 Å². The second kappa shape index (κ2) is 9.74. The van der Waals surface area contributed by atoms with Crippen molar-refractivity contribution >= 4 is 17.4 Å². The molecule has 2 aliphatic rings. The van der Waals surface area contributed by atoms with Crippen LogP contribution in [0.3, 0.4) is 0 Å². The maximum Gasteiger partial charge on any atom is 0.337 e. The molecule has 0 spiro atoms. The van der Waals surface area contributed by atoms with Crippen molar-refractivity contribution in [2.75, 3.05) is 7.11 Å². The van der Waals surface area contributed by atoms with Gasteiger partial charge in [-0.1, -0.05) is 24.3 Å². The fraction of sp³-hybridized carbons (Fsp3) is 0.333. The molecule has 2 aromatic carbocycles. The maximum atomic E-state index is 13.6. The number of nitrogens with zero attached hydrogens (tertiary/aromatic N) is 1. The highest BCUT2D eigenvalue weighted by Crippen LogP contribution is 2.46. The van der Waals surface area contributed by atoms with Gasteiger partial charge in [0.25, 0.3) is 5.69 Å². The van der Waals surface area contributed by atoms with E-state index in [0.717, 1.165) is 17.0 Å². The molecule has 182 valence electrons. The molecular weight excluding hydrogens is 448 g/mol. The first-order chi connectivity index (χ1) is 16.7. The molecule has 0 saturated carbocycles. The van der Waals surface area contributed by atoms with Crippen LogP contribution in [-0.4, -0.2) is 29.9 Å². The summed E-state index contributed by atoms with van der Waals surface area (Å²) in [7, 11) is 1.61. The van der Waals surface area contributed by atoms with Gasteiger partial charge in [-0.05, 0) is 56.4 Å². The van der Waals surface area contributed by atoms with Crippen LogP contribution in [0.1, 0.15) is 56.6 Å². The van der Waals surface area contributed by atoms with Gasteiger partial charge in [-0.15, -0.1) is 0 Å². The van der Waals surface area contributed by atoms with Gasteiger partial charge in [0.05, 0.1) is 23.7 Å². The first-order valence-electron chi connectivity index (χ1n) is 11.5. The van der Waals surface area contributed by atoms with E-state index in [4.69, 9.17) is 9.47 Å². The molecule has 8 nitrogen and oxygen atoms in total. The molecule has 0 saturated heterocycles. The van der Waals surface area contributed by atoms with Gasteiger partial charge in [0.2, 0.25) is 0 Å². The van der Waals surface area contributed by atoms with Gasteiger partial charge in [-0.25, -0.2) is 4.79 Å². The molecule has 0 amide bonds. The lowest BCUT2D eigenvalue weighted by Gasteiger charge is -2.37. The van der Waals surface area contributed by atoms with Crippen molar-refractivity contribution in [1.82, 2.24) is 5.32 Å². The number of non-ortho nitro benzene ring substituents is 1. The number of dihydropyridines is 1. The van der Waals surface area contributed by atoms with Crippen LogP contribution in [0.4, 0.5) is 5.69 Å². The minimum absolute atomic E-state index is 0.0193. The van der Waals surface area contributed by atoms with Crippen LogP contribution in [0.2, 0.25) is 0 Å². The number of ketones is 1. The number of esters is 1. The highest BCUT2D eigenvalue weighted by molar-refractivity contribution is 6.04. The number of hydrogen-bond acceptors (Lipinski definition) is 7. The number of carbonyl (C=O) groups excluding carboxylic acids is 2. The number of nitrogens with one attached hydrogen (secondary N) is 1. The molecule has 0 unspecified atom stereocenters. The van der Waals surface area contributed by atoms with E-state index < -0.39 is 16.8 Å². The van der Waals surface area contributed by atoms with Gasteiger partial charge in [-0.3, -0.25) is 14.9 Å². The van der Waals surface area contributed by atoms with E-state index in [-0.39, 0.29) is 23.5 Å². The van der Waals surface area contributed by atoms with Gasteiger partial charge in [0.1, 0.15) is 5.75 Å². The highest BCUT2D eigenvalue weighted by Gasteiger charge is 2.41. The lowest BCUT2D eigenvalue weighted by atomic mass is 9.71. The van der Waals surface area contributed by atoms with Crippen molar-refractivity contribution in [2.45, 2.75) is 51.6 Å². The molecule has 0 bridgehead atoms. The van der Waals surface area contributed by atoms with E-state index in [2.05, 4.69) is 5.32 Å². The summed E-state index contributed by atoms with van der Waals surface area (Å²) in [6.07, 6.45) is 0.556. The zero-order valence-corrected chi connectivity index (χ0v) is 20.2. The Balaban J connectivity index is 1.77. The molecule has 1 N–H and O–H groups in total. The van der Waals surface area contributed by atoms with E-state index in [1.165, 1.54) is 12.1 Å². The third-order valence-electron chi connectivity index (χ3n) is 6.41. The van der Waals surface area contributed by atoms with Crippen LogP contribution in [0.15, 0.2) is 71.1 Å². The van der Waals surface area contributed by atoms with Gasteiger partial charge in [0, 0.05) is 41.4 Å². The monoisotopic (exact) mass is 476 g/mol. The quantitative estimate of drug-likeness (QED) is 0.358. The minimum atomic E-state index is -0.664. The highest BCUT2D eigenvalue weighted by atomic mass is 16.6. The number of nitro benzene ring substituents is 1. The van der Waals surface area contributed by atoms with E-state index in [1.807, 2.05) is 24.3 Å². The fourth-order valence-corrected chi connectivity index (χ4v) is 4.82. The molecule has 1 aliphatic heterocycles. The number of Topliss-reactive ketones (excluding diaryl/α,β-unsaturated/α-hetero) is 1. The first-order valence-corrected chi connectivity index (χ1v) is 11.5. The molecular formula is C27H28N2O6. The van der Waals surface area contributed by atoms with Gasteiger partial charge >= 0.3 is 5.97 Å². The summed E-state index contributed by atoms with van der Waals surface area (Å²) >= 11 is 0. The topological polar surface area (TPSA) is 108 Å². The maximum absolute atomic E-state index is 13.6. The van der Waals surface area contributed by atoms with Crippen LogP contribution >= 0.6 is 0 Å². The smallest absolute Gasteiger partial charge is 0.337 e. The number of methoxy groups -OCH3 is 1. The Hall–Kier alpha value is -3.94. The molecule has 8 heteroatoms. The lowest BCUT2D eigenvalue weighted by molar-refractivity contribution is -0.384. The molecule has 35 heavy (non-hydrogen) atoms. The number of benzene rings is 2. The molecule has 4 rings (SSSR count). The molecule has 0 radical (unpaired) electrons. The first kappa shape index (κ1) is 24.2. The fourth-order valence-electron chi connectivity index (χ4n) is 4.82. The SMILES string of the molecule is COc1ccc([C@@H]2CC(=O)C3=C(C2)NC(C)=C(C(=O)OC(C)C)[C@@H]3c2ccc([N+](=O)[O-])cc2)cc1. The summed E-state index contributed by atoms with van der Waals surface area (Å²) in [5, 5.41) is 14.5. The molecule has 2 aromatic rings. The second-order valence-electron chi connectivity index (χ2n) is 9.09. The number of rotatable bonds is 6. The van der Waals surface area contributed by atoms with Crippen LogP contribution in [0.5, 0.6) is 5.75 Å². The predicted octanol–water partition coefficient (Wildman–Crippen LogP) is 4.92. The Morgan fingerprint density at radius 1 is 1.06 bits per heavy atom. The summed E-state index contributed by atoms with van der Waals surface area (Å²) in [6.45, 7) is 5.32. The Kier molecular flexibility index (Phi) is 6.73. The standard InChI is InChI=1S/C27H28N2O6/c1-15(2)35-27(31)24-16(3)28-22-13-19(17-7-11-21(34-4)12-8-17)14-23(30)26(22)25(24)18-5-9-20(10-6-18)29(32)33/h5-12,15,19,25,28H,13-14H2,1-4H3/t19-,25-/m0/s1. The van der Waals surface area contributed by atoms with Crippen molar-refractivity contribution < 1.29 is 24.0 Å². The van der Waals surface area contributed by atoms with Crippen LogP contribution in [0, 0.1) is 10.1 Å².